The Hall–Kier alpha value is -1.11. The number of aryl methyl sites for hydroxylation is 2. The molecular formula is C13H22O. The Morgan fingerprint density at radius 3 is 1.29 bits per heavy atom. The van der Waals surface area contributed by atoms with Gasteiger partial charge in [0.2, 0.25) is 0 Å². The van der Waals surface area contributed by atoms with Gasteiger partial charge in [-0.15, -0.1) is 0 Å². The molecule has 0 N–H and O–H groups in total. The van der Waals surface area contributed by atoms with Gasteiger partial charge in [0, 0.05) is 0 Å². The molecule has 0 aliphatic carbocycles. The number of carbonyl (C=O) groups excluding carboxylic acids is 1. The van der Waals surface area contributed by atoms with Crippen LogP contribution in [-0.2, 0) is 4.79 Å². The van der Waals surface area contributed by atoms with E-state index in [1.54, 1.807) is 0 Å². The lowest BCUT2D eigenvalue weighted by Gasteiger charge is -1.93. The lowest BCUT2D eigenvalue weighted by molar-refractivity contribution is -0.114. The lowest BCUT2D eigenvalue weighted by atomic mass is 10.1. The maximum absolute atomic E-state index is 9.44. The summed E-state index contributed by atoms with van der Waals surface area (Å²) < 4.78 is 0. The molecule has 1 aromatic rings. The van der Waals surface area contributed by atoms with Crippen LogP contribution in [0.3, 0.4) is 0 Å². The van der Waals surface area contributed by atoms with Crippen LogP contribution in [0.1, 0.15) is 38.8 Å². The Labute approximate surface area is 88.2 Å². The van der Waals surface area contributed by atoms with Crippen LogP contribution < -0.4 is 0 Å². The SMILES string of the molecule is CC.CC(C)=O.Cc1ccccc1C. The lowest BCUT2D eigenvalue weighted by Crippen LogP contribution is -1.74. The molecule has 0 aromatic heterocycles. The van der Waals surface area contributed by atoms with E-state index >= 15 is 0 Å². The highest BCUT2D eigenvalue weighted by atomic mass is 16.1. The van der Waals surface area contributed by atoms with Gasteiger partial charge in [0.25, 0.3) is 0 Å². The summed E-state index contributed by atoms with van der Waals surface area (Å²) in [6.45, 7) is 11.3. The zero-order valence-electron chi connectivity index (χ0n) is 10.2. The van der Waals surface area contributed by atoms with Crippen molar-refractivity contribution in [2.24, 2.45) is 0 Å². The number of Topliss-reactive ketones (excluding diaryl/α,β-unsaturated/α-hetero) is 1. The van der Waals surface area contributed by atoms with Gasteiger partial charge in [0.1, 0.15) is 5.78 Å². The maximum Gasteiger partial charge on any atom is 0.126 e. The van der Waals surface area contributed by atoms with Crippen molar-refractivity contribution in [1.29, 1.82) is 0 Å². The topological polar surface area (TPSA) is 17.1 Å². The summed E-state index contributed by atoms with van der Waals surface area (Å²) in [7, 11) is 0. The smallest absolute Gasteiger partial charge is 0.126 e. The van der Waals surface area contributed by atoms with Crippen molar-refractivity contribution >= 4 is 5.78 Å². The van der Waals surface area contributed by atoms with Gasteiger partial charge in [0.15, 0.2) is 0 Å². The molecule has 0 fully saturated rings. The first-order valence-electron chi connectivity index (χ1n) is 5.03. The first-order chi connectivity index (χ1) is 6.54. The second-order valence-electron chi connectivity index (χ2n) is 2.99. The van der Waals surface area contributed by atoms with Gasteiger partial charge >= 0.3 is 0 Å². The molecule has 0 spiro atoms. The Kier molecular flexibility index (Phi) is 10.9. The van der Waals surface area contributed by atoms with Gasteiger partial charge in [-0.05, 0) is 38.8 Å². The molecule has 0 saturated carbocycles. The van der Waals surface area contributed by atoms with Crippen LogP contribution in [0.5, 0.6) is 0 Å². The van der Waals surface area contributed by atoms with Crippen LogP contribution >= 0.6 is 0 Å². The van der Waals surface area contributed by atoms with E-state index in [-0.39, 0.29) is 5.78 Å². The minimum Gasteiger partial charge on any atom is -0.300 e. The van der Waals surface area contributed by atoms with Gasteiger partial charge in [-0.1, -0.05) is 38.1 Å². The summed E-state index contributed by atoms with van der Waals surface area (Å²) in [5.41, 5.74) is 2.74. The van der Waals surface area contributed by atoms with E-state index in [2.05, 4.69) is 38.1 Å². The third-order valence-electron chi connectivity index (χ3n) is 1.43. The molecule has 0 aliphatic heterocycles. The van der Waals surface area contributed by atoms with Gasteiger partial charge in [-0.3, -0.25) is 0 Å². The monoisotopic (exact) mass is 194 g/mol. The Bertz CT molecular complexity index is 226. The molecule has 0 saturated heterocycles. The normalized spacial score (nSPS) is 7.57. The molecule has 0 radical (unpaired) electrons. The molecule has 0 atom stereocenters. The van der Waals surface area contributed by atoms with E-state index in [0.29, 0.717) is 0 Å². The van der Waals surface area contributed by atoms with Gasteiger partial charge < -0.3 is 4.79 Å². The molecule has 0 amide bonds. The van der Waals surface area contributed by atoms with Crippen molar-refractivity contribution in [2.45, 2.75) is 41.5 Å². The minimum atomic E-state index is 0.167. The zero-order chi connectivity index (χ0) is 11.6. The van der Waals surface area contributed by atoms with Crippen LogP contribution in [-0.4, -0.2) is 5.78 Å². The molecule has 0 aliphatic rings. The predicted molar refractivity (Wildman–Crippen MR) is 63.6 cm³/mol. The first-order valence-corrected chi connectivity index (χ1v) is 5.03. The van der Waals surface area contributed by atoms with Gasteiger partial charge in [-0.25, -0.2) is 0 Å². The fourth-order valence-electron chi connectivity index (χ4n) is 0.663. The predicted octanol–water partition coefficient (Wildman–Crippen LogP) is 3.92. The summed E-state index contributed by atoms with van der Waals surface area (Å²) in [5, 5.41) is 0. The van der Waals surface area contributed by atoms with Crippen LogP contribution in [0.15, 0.2) is 24.3 Å². The highest BCUT2D eigenvalue weighted by Crippen LogP contribution is 2.02. The molecule has 14 heavy (non-hydrogen) atoms. The number of hydrogen-bond donors (Lipinski definition) is 0. The van der Waals surface area contributed by atoms with Gasteiger partial charge in [-0.2, -0.15) is 0 Å². The third kappa shape index (κ3) is 10.9. The molecular weight excluding hydrogens is 172 g/mol. The average molecular weight is 194 g/mol. The molecule has 1 aromatic carbocycles. The Morgan fingerprint density at radius 2 is 1.14 bits per heavy atom. The zero-order valence-corrected chi connectivity index (χ0v) is 10.2. The number of carbonyl (C=O) groups is 1. The fraction of sp³-hybridized carbons (Fsp3) is 0.462. The van der Waals surface area contributed by atoms with Crippen molar-refractivity contribution in [3.63, 3.8) is 0 Å². The molecule has 1 rings (SSSR count). The van der Waals surface area contributed by atoms with E-state index in [9.17, 15) is 4.79 Å². The summed E-state index contributed by atoms with van der Waals surface area (Å²) >= 11 is 0. The summed E-state index contributed by atoms with van der Waals surface area (Å²) in [4.78, 5) is 9.44. The van der Waals surface area contributed by atoms with Crippen molar-refractivity contribution < 1.29 is 4.79 Å². The molecule has 80 valence electrons. The molecule has 0 heterocycles. The Balaban J connectivity index is 0. The van der Waals surface area contributed by atoms with Crippen molar-refractivity contribution in [3.8, 4) is 0 Å². The summed E-state index contributed by atoms with van der Waals surface area (Å²) in [6, 6.07) is 8.36. The van der Waals surface area contributed by atoms with E-state index in [1.807, 2.05) is 13.8 Å². The van der Waals surface area contributed by atoms with E-state index in [0.717, 1.165) is 0 Å². The molecule has 1 nitrogen and oxygen atoms in total. The number of rotatable bonds is 0. The third-order valence-corrected chi connectivity index (χ3v) is 1.43. The fourth-order valence-corrected chi connectivity index (χ4v) is 0.663. The minimum absolute atomic E-state index is 0.167. The van der Waals surface area contributed by atoms with Crippen LogP contribution in [0.4, 0.5) is 0 Å². The molecule has 1 heteroatoms. The number of ketones is 1. The average Bonchev–Trinajstić information content (AvgIpc) is 2.13. The summed E-state index contributed by atoms with van der Waals surface area (Å²) in [6.07, 6.45) is 0. The molecule has 0 bridgehead atoms. The van der Waals surface area contributed by atoms with E-state index in [4.69, 9.17) is 0 Å². The second kappa shape index (κ2) is 9.97. The second-order valence-corrected chi connectivity index (χ2v) is 2.99. The van der Waals surface area contributed by atoms with E-state index in [1.165, 1.54) is 25.0 Å². The number of benzene rings is 1. The van der Waals surface area contributed by atoms with E-state index < -0.39 is 0 Å². The van der Waals surface area contributed by atoms with Gasteiger partial charge in [0.05, 0.1) is 0 Å². The van der Waals surface area contributed by atoms with Crippen molar-refractivity contribution in [3.05, 3.63) is 35.4 Å². The highest BCUT2D eigenvalue weighted by Gasteiger charge is 1.83. The Morgan fingerprint density at radius 1 is 0.929 bits per heavy atom. The van der Waals surface area contributed by atoms with Crippen LogP contribution in [0.25, 0.3) is 0 Å². The number of hydrogen-bond acceptors (Lipinski definition) is 1. The van der Waals surface area contributed by atoms with Crippen molar-refractivity contribution in [1.82, 2.24) is 0 Å². The molecule has 0 unspecified atom stereocenters. The highest BCUT2D eigenvalue weighted by molar-refractivity contribution is 5.72. The summed E-state index contributed by atoms with van der Waals surface area (Å²) in [5.74, 6) is 0.167. The standard InChI is InChI=1S/C8H10.C3H6O.C2H6/c1-7-5-3-4-6-8(7)2;1-3(2)4;1-2/h3-6H,1-2H3;1-2H3;1-2H3. The first kappa shape index (κ1) is 15.4. The maximum atomic E-state index is 9.44. The van der Waals surface area contributed by atoms with Crippen molar-refractivity contribution in [2.75, 3.05) is 0 Å². The largest absolute Gasteiger partial charge is 0.300 e. The quantitative estimate of drug-likeness (QED) is 0.611. The van der Waals surface area contributed by atoms with Crippen LogP contribution in [0, 0.1) is 13.8 Å². The van der Waals surface area contributed by atoms with Crippen LogP contribution in [0.2, 0.25) is 0 Å².